The molecule has 1 fully saturated rings. The van der Waals surface area contributed by atoms with E-state index in [-0.39, 0.29) is 0 Å². The molecule has 0 aliphatic heterocycles. The number of nitrogens with two attached hydrogens (primary N) is 1. The quantitative estimate of drug-likeness (QED) is 0.703. The van der Waals surface area contributed by atoms with Crippen LogP contribution >= 0.6 is 0 Å². The van der Waals surface area contributed by atoms with Crippen molar-refractivity contribution in [1.29, 1.82) is 0 Å². The molecule has 21 heavy (non-hydrogen) atoms. The number of rotatable bonds is 6. The summed E-state index contributed by atoms with van der Waals surface area (Å²) in [7, 11) is 0. The van der Waals surface area contributed by atoms with Gasteiger partial charge in [-0.2, -0.15) is 0 Å². The van der Waals surface area contributed by atoms with Crippen LogP contribution in [0.1, 0.15) is 46.0 Å². The maximum absolute atomic E-state index is 10.6. The number of ether oxygens (including phenoxy) is 1. The van der Waals surface area contributed by atoms with Gasteiger partial charge < -0.3 is 20.9 Å². The van der Waals surface area contributed by atoms with Crippen LogP contribution in [0, 0.1) is 5.92 Å². The van der Waals surface area contributed by atoms with Gasteiger partial charge in [-0.05, 0) is 44.1 Å². The Morgan fingerprint density at radius 3 is 2.71 bits per heavy atom. The molecule has 0 saturated heterocycles. The molecule has 1 aromatic carbocycles. The fraction of sp³-hybridized carbons (Fsp3) is 0.647. The minimum Gasteiger partial charge on any atom is -0.493 e. The van der Waals surface area contributed by atoms with Crippen LogP contribution in [0.3, 0.4) is 0 Å². The maximum atomic E-state index is 10.6. The molecule has 0 bridgehead atoms. The van der Waals surface area contributed by atoms with Crippen molar-refractivity contribution in [3.63, 3.8) is 0 Å². The molecule has 4 N–H and O–H groups in total. The Morgan fingerprint density at radius 2 is 2.05 bits per heavy atom. The largest absolute Gasteiger partial charge is 0.493 e. The zero-order chi connectivity index (χ0) is 15.3. The Labute approximate surface area is 127 Å². The molecular formula is C17H28N2O2. The zero-order valence-electron chi connectivity index (χ0n) is 13.2. The smallest absolute Gasteiger partial charge is 0.123 e. The first-order chi connectivity index (χ1) is 10.0. The van der Waals surface area contributed by atoms with E-state index in [1.165, 1.54) is 0 Å². The Bertz CT molecular complexity index is 454. The van der Waals surface area contributed by atoms with E-state index in [9.17, 15) is 5.11 Å². The van der Waals surface area contributed by atoms with Crippen molar-refractivity contribution < 1.29 is 9.84 Å². The number of hydrogen-bond donors (Lipinski definition) is 3. The van der Waals surface area contributed by atoms with Crippen LogP contribution in [0.2, 0.25) is 0 Å². The lowest BCUT2D eigenvalue weighted by Gasteiger charge is -2.35. The lowest BCUT2D eigenvalue weighted by molar-refractivity contribution is 0.00501. The third-order valence-electron chi connectivity index (χ3n) is 4.23. The van der Waals surface area contributed by atoms with Crippen molar-refractivity contribution in [2.75, 3.05) is 24.2 Å². The second kappa shape index (κ2) is 7.03. The fourth-order valence-electron chi connectivity index (χ4n) is 2.77. The number of hydrogen-bond acceptors (Lipinski definition) is 4. The highest BCUT2D eigenvalue weighted by molar-refractivity contribution is 5.59. The normalized spacial score (nSPS) is 25.6. The molecule has 1 saturated carbocycles. The van der Waals surface area contributed by atoms with Gasteiger partial charge >= 0.3 is 0 Å². The average Bonchev–Trinajstić information content (AvgIpc) is 2.46. The summed E-state index contributed by atoms with van der Waals surface area (Å²) < 4.78 is 5.63. The number of anilines is 2. The molecule has 1 aromatic rings. The molecular weight excluding hydrogens is 264 g/mol. The van der Waals surface area contributed by atoms with Crippen LogP contribution < -0.4 is 15.8 Å². The second-order valence-electron chi connectivity index (χ2n) is 6.40. The first-order valence-electron chi connectivity index (χ1n) is 8.00. The van der Waals surface area contributed by atoms with Gasteiger partial charge in [-0.25, -0.2) is 0 Å². The molecule has 0 spiro atoms. The summed E-state index contributed by atoms with van der Waals surface area (Å²) >= 11 is 0. The topological polar surface area (TPSA) is 67.5 Å². The van der Waals surface area contributed by atoms with Gasteiger partial charge in [-0.3, -0.25) is 0 Å². The van der Waals surface area contributed by atoms with Gasteiger partial charge in [0.2, 0.25) is 0 Å². The highest BCUT2D eigenvalue weighted by Crippen LogP contribution is 2.32. The van der Waals surface area contributed by atoms with E-state index in [4.69, 9.17) is 10.5 Å². The summed E-state index contributed by atoms with van der Waals surface area (Å²) in [6.45, 7) is 5.58. The molecule has 4 heteroatoms. The zero-order valence-corrected chi connectivity index (χ0v) is 13.2. The fourth-order valence-corrected chi connectivity index (χ4v) is 2.77. The SMILES string of the molecule is CCCOc1cc(N)cc(NCC2(O)CCC(C)CC2)c1. The second-order valence-corrected chi connectivity index (χ2v) is 6.40. The molecule has 0 heterocycles. The molecule has 2 rings (SSSR count). The predicted octanol–water partition coefficient (Wildman–Crippen LogP) is 3.41. The van der Waals surface area contributed by atoms with Gasteiger partial charge in [0, 0.05) is 30.1 Å². The molecule has 0 amide bonds. The van der Waals surface area contributed by atoms with Gasteiger partial charge in [-0.15, -0.1) is 0 Å². The maximum Gasteiger partial charge on any atom is 0.123 e. The van der Waals surface area contributed by atoms with Crippen LogP contribution in [0.5, 0.6) is 5.75 Å². The van der Waals surface area contributed by atoms with E-state index in [0.717, 1.165) is 49.5 Å². The van der Waals surface area contributed by atoms with Gasteiger partial charge in [0.25, 0.3) is 0 Å². The molecule has 118 valence electrons. The molecule has 0 radical (unpaired) electrons. The summed E-state index contributed by atoms with van der Waals surface area (Å²) in [6.07, 6.45) is 4.89. The Morgan fingerprint density at radius 1 is 1.33 bits per heavy atom. The van der Waals surface area contributed by atoms with E-state index < -0.39 is 5.60 Å². The summed E-state index contributed by atoms with van der Waals surface area (Å²) in [4.78, 5) is 0. The van der Waals surface area contributed by atoms with Crippen LogP contribution in [0.4, 0.5) is 11.4 Å². The lowest BCUT2D eigenvalue weighted by atomic mass is 9.79. The Hall–Kier alpha value is -1.42. The van der Waals surface area contributed by atoms with Crippen molar-refractivity contribution in [2.45, 2.75) is 51.6 Å². The molecule has 0 atom stereocenters. The van der Waals surface area contributed by atoms with E-state index in [1.807, 2.05) is 18.2 Å². The summed E-state index contributed by atoms with van der Waals surface area (Å²) in [6, 6.07) is 5.66. The van der Waals surface area contributed by atoms with Crippen molar-refractivity contribution in [3.05, 3.63) is 18.2 Å². The minimum atomic E-state index is -0.596. The average molecular weight is 292 g/mol. The molecule has 0 unspecified atom stereocenters. The van der Waals surface area contributed by atoms with Gasteiger partial charge in [0.15, 0.2) is 0 Å². The van der Waals surface area contributed by atoms with Crippen molar-refractivity contribution >= 4 is 11.4 Å². The monoisotopic (exact) mass is 292 g/mol. The Balaban J connectivity index is 1.94. The molecule has 1 aliphatic carbocycles. The summed E-state index contributed by atoms with van der Waals surface area (Å²) in [5.74, 6) is 1.51. The number of nitrogen functional groups attached to an aromatic ring is 1. The first kappa shape index (κ1) is 16.0. The number of nitrogens with one attached hydrogen (secondary N) is 1. The minimum absolute atomic E-state index is 0.566. The van der Waals surface area contributed by atoms with Crippen molar-refractivity contribution in [2.24, 2.45) is 5.92 Å². The molecule has 1 aliphatic rings. The van der Waals surface area contributed by atoms with Gasteiger partial charge in [-0.1, -0.05) is 13.8 Å². The summed E-state index contributed by atoms with van der Waals surface area (Å²) in [5, 5.41) is 13.9. The van der Waals surface area contributed by atoms with Gasteiger partial charge in [0.1, 0.15) is 5.75 Å². The van der Waals surface area contributed by atoms with Crippen LogP contribution in [0.25, 0.3) is 0 Å². The predicted molar refractivity (Wildman–Crippen MR) is 87.7 cm³/mol. The third-order valence-corrected chi connectivity index (χ3v) is 4.23. The standard InChI is InChI=1S/C17H28N2O2/c1-3-8-21-16-10-14(18)9-15(11-16)19-12-17(20)6-4-13(2)5-7-17/h9-11,13,19-20H,3-8,12,18H2,1-2H3. The highest BCUT2D eigenvalue weighted by atomic mass is 16.5. The summed E-state index contributed by atoms with van der Waals surface area (Å²) in [5.41, 5.74) is 6.90. The van der Waals surface area contributed by atoms with E-state index >= 15 is 0 Å². The number of aliphatic hydroxyl groups is 1. The van der Waals surface area contributed by atoms with Crippen LogP contribution in [-0.4, -0.2) is 23.9 Å². The van der Waals surface area contributed by atoms with E-state index in [2.05, 4.69) is 19.2 Å². The van der Waals surface area contributed by atoms with Gasteiger partial charge in [0.05, 0.1) is 12.2 Å². The van der Waals surface area contributed by atoms with E-state index in [1.54, 1.807) is 0 Å². The van der Waals surface area contributed by atoms with Crippen LogP contribution in [-0.2, 0) is 0 Å². The highest BCUT2D eigenvalue weighted by Gasteiger charge is 2.31. The first-order valence-corrected chi connectivity index (χ1v) is 8.00. The molecule has 4 nitrogen and oxygen atoms in total. The number of benzene rings is 1. The Kier molecular flexibility index (Phi) is 5.34. The van der Waals surface area contributed by atoms with Crippen molar-refractivity contribution in [3.8, 4) is 5.75 Å². The molecule has 0 aromatic heterocycles. The van der Waals surface area contributed by atoms with Crippen molar-refractivity contribution in [1.82, 2.24) is 0 Å². The lowest BCUT2D eigenvalue weighted by Crippen LogP contribution is -2.40. The van der Waals surface area contributed by atoms with E-state index in [0.29, 0.717) is 18.8 Å². The van der Waals surface area contributed by atoms with Crippen LogP contribution in [0.15, 0.2) is 18.2 Å². The third kappa shape index (κ3) is 4.81.